The lowest BCUT2D eigenvalue weighted by Gasteiger charge is -2.08. The molecular formula is C15H17N5O2. The Hall–Kier alpha value is -2.70. The van der Waals surface area contributed by atoms with E-state index in [2.05, 4.69) is 25.8 Å². The normalized spacial score (nSPS) is 13.5. The highest BCUT2D eigenvalue weighted by Crippen LogP contribution is 2.23. The molecule has 1 aliphatic carbocycles. The summed E-state index contributed by atoms with van der Waals surface area (Å²) >= 11 is 0. The lowest BCUT2D eigenvalue weighted by Crippen LogP contribution is -2.08. The quantitative estimate of drug-likeness (QED) is 0.791. The van der Waals surface area contributed by atoms with Gasteiger partial charge in [0.25, 0.3) is 0 Å². The fourth-order valence-corrected chi connectivity index (χ4v) is 1.89. The van der Waals surface area contributed by atoms with Crippen molar-refractivity contribution in [1.29, 1.82) is 0 Å². The van der Waals surface area contributed by atoms with Crippen molar-refractivity contribution >= 4 is 23.4 Å². The lowest BCUT2D eigenvalue weighted by atomic mass is 10.2. The van der Waals surface area contributed by atoms with E-state index in [1.54, 1.807) is 37.4 Å². The fraction of sp³-hybridized carbons (Fsp3) is 0.333. The zero-order chi connectivity index (χ0) is 15.4. The molecule has 0 saturated heterocycles. The van der Waals surface area contributed by atoms with Gasteiger partial charge in [0.05, 0.1) is 18.4 Å². The number of hydrogen-bond donors (Lipinski definition) is 2. The summed E-state index contributed by atoms with van der Waals surface area (Å²) in [5.41, 5.74) is 1.33. The molecule has 0 spiro atoms. The number of carbonyl (C=O) groups is 1. The first-order valence-electron chi connectivity index (χ1n) is 7.25. The Kier molecular flexibility index (Phi) is 4.13. The van der Waals surface area contributed by atoms with Crippen molar-refractivity contribution in [2.24, 2.45) is 0 Å². The van der Waals surface area contributed by atoms with Gasteiger partial charge in [-0.15, -0.1) is 5.10 Å². The van der Waals surface area contributed by atoms with Gasteiger partial charge in [-0.25, -0.2) is 4.79 Å². The number of esters is 1. The summed E-state index contributed by atoms with van der Waals surface area (Å²) in [4.78, 5) is 15.9. The molecule has 2 aromatic rings. The van der Waals surface area contributed by atoms with E-state index in [-0.39, 0.29) is 5.97 Å². The maximum atomic E-state index is 11.6. The number of benzene rings is 1. The van der Waals surface area contributed by atoms with Crippen molar-refractivity contribution in [3.05, 3.63) is 36.0 Å². The fourth-order valence-electron chi connectivity index (χ4n) is 1.89. The second kappa shape index (κ2) is 6.38. The number of hydrogen-bond acceptors (Lipinski definition) is 7. The van der Waals surface area contributed by atoms with E-state index < -0.39 is 0 Å². The van der Waals surface area contributed by atoms with Crippen molar-refractivity contribution in [3.63, 3.8) is 0 Å². The maximum absolute atomic E-state index is 11.6. The van der Waals surface area contributed by atoms with Crippen LogP contribution in [0.4, 0.5) is 17.5 Å². The molecule has 2 N–H and O–H groups in total. The van der Waals surface area contributed by atoms with E-state index in [1.807, 2.05) is 0 Å². The second-order valence-electron chi connectivity index (χ2n) is 5.01. The number of rotatable bonds is 6. The minimum absolute atomic E-state index is 0.325. The van der Waals surface area contributed by atoms with Gasteiger partial charge in [-0.1, -0.05) is 0 Å². The van der Waals surface area contributed by atoms with Crippen LogP contribution in [-0.4, -0.2) is 33.8 Å². The topological polar surface area (TPSA) is 89.0 Å². The molecule has 114 valence electrons. The second-order valence-corrected chi connectivity index (χ2v) is 5.01. The van der Waals surface area contributed by atoms with Gasteiger partial charge >= 0.3 is 5.97 Å². The Labute approximate surface area is 128 Å². The zero-order valence-electron chi connectivity index (χ0n) is 12.2. The minimum Gasteiger partial charge on any atom is -0.462 e. The smallest absolute Gasteiger partial charge is 0.338 e. The standard InChI is InChI=1S/C15H17N5O2/c1-2-22-14(21)10-3-5-11(6-4-10)17-13-9-16-20-15(19-13)18-12-7-8-12/h3-6,9,12H,2,7-8H2,1H3,(H2,17,18,19,20). The van der Waals surface area contributed by atoms with Crippen LogP contribution >= 0.6 is 0 Å². The first kappa shape index (κ1) is 14.2. The lowest BCUT2D eigenvalue weighted by molar-refractivity contribution is 0.0526. The van der Waals surface area contributed by atoms with Crippen LogP contribution in [0, 0.1) is 0 Å². The first-order valence-corrected chi connectivity index (χ1v) is 7.25. The zero-order valence-corrected chi connectivity index (χ0v) is 12.2. The van der Waals surface area contributed by atoms with Gasteiger partial charge in [0.2, 0.25) is 5.95 Å². The molecule has 0 amide bonds. The molecule has 22 heavy (non-hydrogen) atoms. The molecular weight excluding hydrogens is 282 g/mol. The monoisotopic (exact) mass is 299 g/mol. The first-order chi connectivity index (χ1) is 10.7. The highest BCUT2D eigenvalue weighted by Gasteiger charge is 2.22. The van der Waals surface area contributed by atoms with E-state index in [1.165, 1.54) is 0 Å². The van der Waals surface area contributed by atoms with Crippen LogP contribution in [-0.2, 0) is 4.74 Å². The Morgan fingerprint density at radius 3 is 2.77 bits per heavy atom. The Morgan fingerprint density at radius 2 is 2.09 bits per heavy atom. The molecule has 1 aromatic heterocycles. The highest BCUT2D eigenvalue weighted by molar-refractivity contribution is 5.89. The minimum atomic E-state index is -0.325. The van der Waals surface area contributed by atoms with Crippen LogP contribution in [0.1, 0.15) is 30.1 Å². The van der Waals surface area contributed by atoms with Crippen molar-refractivity contribution in [3.8, 4) is 0 Å². The van der Waals surface area contributed by atoms with E-state index >= 15 is 0 Å². The molecule has 7 heteroatoms. The molecule has 1 fully saturated rings. The molecule has 3 rings (SSSR count). The van der Waals surface area contributed by atoms with Gasteiger partial charge in [0.15, 0.2) is 5.82 Å². The summed E-state index contributed by atoms with van der Waals surface area (Å²) in [6.45, 7) is 2.14. The summed E-state index contributed by atoms with van der Waals surface area (Å²) in [7, 11) is 0. The van der Waals surface area contributed by atoms with Crippen LogP contribution in [0.15, 0.2) is 30.5 Å². The molecule has 0 aliphatic heterocycles. The number of nitrogens with one attached hydrogen (secondary N) is 2. The number of nitrogens with zero attached hydrogens (tertiary/aromatic N) is 3. The summed E-state index contributed by atoms with van der Waals surface area (Å²) in [6.07, 6.45) is 3.85. The Morgan fingerprint density at radius 1 is 1.32 bits per heavy atom. The van der Waals surface area contributed by atoms with Crippen molar-refractivity contribution in [1.82, 2.24) is 15.2 Å². The average molecular weight is 299 g/mol. The number of anilines is 3. The molecule has 1 heterocycles. The summed E-state index contributed by atoms with van der Waals surface area (Å²) in [5.74, 6) is 0.798. The number of aromatic nitrogens is 3. The van der Waals surface area contributed by atoms with Crippen LogP contribution < -0.4 is 10.6 Å². The van der Waals surface area contributed by atoms with Crippen LogP contribution in [0.25, 0.3) is 0 Å². The van der Waals surface area contributed by atoms with Crippen LogP contribution in [0.3, 0.4) is 0 Å². The molecule has 0 unspecified atom stereocenters. The van der Waals surface area contributed by atoms with E-state index in [0.717, 1.165) is 18.5 Å². The summed E-state index contributed by atoms with van der Waals surface area (Å²) in [6, 6.07) is 7.47. The Bertz CT molecular complexity index is 655. The van der Waals surface area contributed by atoms with Crippen LogP contribution in [0.5, 0.6) is 0 Å². The SMILES string of the molecule is CCOC(=O)c1ccc(Nc2cnnc(NC3CC3)n2)cc1. The van der Waals surface area contributed by atoms with E-state index in [9.17, 15) is 4.79 Å². The maximum Gasteiger partial charge on any atom is 0.338 e. The number of ether oxygens (including phenoxy) is 1. The predicted molar refractivity (Wildman–Crippen MR) is 82.2 cm³/mol. The average Bonchev–Trinajstić information content (AvgIpc) is 3.32. The molecule has 0 radical (unpaired) electrons. The van der Waals surface area contributed by atoms with Crippen LogP contribution in [0.2, 0.25) is 0 Å². The number of carbonyl (C=O) groups excluding carboxylic acids is 1. The van der Waals surface area contributed by atoms with Crippen molar-refractivity contribution < 1.29 is 9.53 Å². The molecule has 0 atom stereocenters. The van der Waals surface area contributed by atoms with Crippen molar-refractivity contribution in [2.75, 3.05) is 17.2 Å². The third-order valence-corrected chi connectivity index (χ3v) is 3.14. The van der Waals surface area contributed by atoms with Gasteiger partial charge in [0.1, 0.15) is 0 Å². The highest BCUT2D eigenvalue weighted by atomic mass is 16.5. The van der Waals surface area contributed by atoms with Gasteiger partial charge in [-0.2, -0.15) is 10.1 Å². The van der Waals surface area contributed by atoms with Gasteiger partial charge < -0.3 is 15.4 Å². The van der Waals surface area contributed by atoms with E-state index in [0.29, 0.717) is 30.0 Å². The van der Waals surface area contributed by atoms with Gasteiger partial charge in [-0.3, -0.25) is 0 Å². The third kappa shape index (κ3) is 3.69. The predicted octanol–water partition coefficient (Wildman–Crippen LogP) is 2.37. The van der Waals surface area contributed by atoms with Gasteiger partial charge in [-0.05, 0) is 44.0 Å². The van der Waals surface area contributed by atoms with E-state index in [4.69, 9.17) is 4.74 Å². The molecule has 0 bridgehead atoms. The largest absolute Gasteiger partial charge is 0.462 e. The summed E-state index contributed by atoms with van der Waals surface area (Å²) < 4.78 is 4.95. The van der Waals surface area contributed by atoms with Gasteiger partial charge in [0, 0.05) is 11.7 Å². The molecule has 1 aromatic carbocycles. The molecule has 1 saturated carbocycles. The summed E-state index contributed by atoms with van der Waals surface area (Å²) in [5, 5.41) is 14.2. The van der Waals surface area contributed by atoms with Crippen molar-refractivity contribution in [2.45, 2.75) is 25.8 Å². The third-order valence-electron chi connectivity index (χ3n) is 3.14. The Balaban J connectivity index is 1.66. The molecule has 1 aliphatic rings. The molecule has 7 nitrogen and oxygen atoms in total.